The van der Waals surface area contributed by atoms with Crippen LogP contribution in [0.3, 0.4) is 0 Å². The van der Waals surface area contributed by atoms with Gasteiger partial charge in [0.2, 0.25) is 0 Å². The molecular weight excluding hydrogens is 486 g/mol. The predicted octanol–water partition coefficient (Wildman–Crippen LogP) is 3.85. The SMILES string of the molecule is Cc1cccc(CNS(=O)(=O)C(F)(F)F)c1-c1c(C)cccc1CNS(=O)(=O)C(F)(F)F. The molecule has 0 amide bonds. The van der Waals surface area contributed by atoms with Crippen LogP contribution >= 0.6 is 0 Å². The standard InChI is InChI=1S/C18H18F6N2O4S2/c1-11-5-3-7-13(9-25-31(27,28)17(19,20)21)15(11)16-12(2)6-4-8-14(16)10-26-32(29,30)18(22,23)24/h3-8,25-26H,9-10H2,1-2H3. The lowest BCUT2D eigenvalue weighted by Gasteiger charge is -2.20. The Hall–Kier alpha value is -2.16. The van der Waals surface area contributed by atoms with Crippen molar-refractivity contribution in [3.8, 4) is 11.1 Å². The van der Waals surface area contributed by atoms with Crippen molar-refractivity contribution >= 4 is 20.0 Å². The van der Waals surface area contributed by atoms with Crippen LogP contribution in [0.15, 0.2) is 36.4 Å². The third-order valence-corrected chi connectivity index (χ3v) is 6.75. The van der Waals surface area contributed by atoms with Crippen LogP contribution in [0, 0.1) is 13.8 Å². The minimum absolute atomic E-state index is 0.118. The quantitative estimate of drug-likeness (QED) is 0.561. The van der Waals surface area contributed by atoms with Crippen molar-refractivity contribution in [2.45, 2.75) is 38.0 Å². The van der Waals surface area contributed by atoms with Gasteiger partial charge >= 0.3 is 31.1 Å². The van der Waals surface area contributed by atoms with E-state index in [1.54, 1.807) is 26.0 Å². The lowest BCUT2D eigenvalue weighted by atomic mass is 9.88. The molecule has 0 aliphatic carbocycles. The van der Waals surface area contributed by atoms with Crippen molar-refractivity contribution in [2.75, 3.05) is 0 Å². The lowest BCUT2D eigenvalue weighted by molar-refractivity contribution is -0.0454. The summed E-state index contributed by atoms with van der Waals surface area (Å²) in [6.07, 6.45) is 0. The lowest BCUT2D eigenvalue weighted by Crippen LogP contribution is -2.36. The second kappa shape index (κ2) is 9.00. The highest BCUT2D eigenvalue weighted by Crippen LogP contribution is 2.34. The van der Waals surface area contributed by atoms with Gasteiger partial charge in [-0.15, -0.1) is 0 Å². The average Bonchev–Trinajstić information content (AvgIpc) is 2.64. The molecule has 0 fully saturated rings. The van der Waals surface area contributed by atoms with Crippen molar-refractivity contribution in [1.82, 2.24) is 9.44 Å². The zero-order valence-corrected chi connectivity index (χ0v) is 18.2. The summed E-state index contributed by atoms with van der Waals surface area (Å²) in [5.74, 6) is 0. The molecule has 0 aliphatic heterocycles. The van der Waals surface area contributed by atoms with Crippen molar-refractivity contribution in [2.24, 2.45) is 0 Å². The van der Waals surface area contributed by atoms with Gasteiger partial charge in [-0.3, -0.25) is 0 Å². The molecule has 0 saturated heterocycles. The first kappa shape index (κ1) is 26.1. The highest BCUT2D eigenvalue weighted by Gasteiger charge is 2.46. The van der Waals surface area contributed by atoms with E-state index >= 15 is 0 Å². The van der Waals surface area contributed by atoms with Crippen LogP contribution in [0.1, 0.15) is 22.3 Å². The number of hydrogen-bond acceptors (Lipinski definition) is 4. The fourth-order valence-corrected chi connectivity index (χ4v) is 3.99. The van der Waals surface area contributed by atoms with Gasteiger partial charge in [-0.25, -0.2) is 26.3 Å². The van der Waals surface area contributed by atoms with Crippen molar-refractivity contribution in [1.29, 1.82) is 0 Å². The largest absolute Gasteiger partial charge is 0.511 e. The van der Waals surface area contributed by atoms with E-state index in [1.807, 2.05) is 0 Å². The van der Waals surface area contributed by atoms with Crippen LogP contribution in [0.4, 0.5) is 26.3 Å². The normalized spacial score (nSPS) is 13.4. The first-order valence-electron chi connectivity index (χ1n) is 8.77. The number of alkyl halides is 6. The number of aryl methyl sites for hydroxylation is 2. The van der Waals surface area contributed by atoms with Gasteiger partial charge in [-0.05, 0) is 47.2 Å². The molecule has 0 spiro atoms. The molecule has 6 nitrogen and oxygen atoms in total. The molecule has 0 atom stereocenters. The summed E-state index contributed by atoms with van der Waals surface area (Å²) in [5, 5.41) is 0. The predicted molar refractivity (Wildman–Crippen MR) is 105 cm³/mol. The van der Waals surface area contributed by atoms with Crippen LogP contribution in [0.25, 0.3) is 11.1 Å². The highest BCUT2D eigenvalue weighted by atomic mass is 32.2. The summed E-state index contributed by atoms with van der Waals surface area (Å²) >= 11 is 0. The first-order chi connectivity index (χ1) is 14.5. The third-order valence-electron chi connectivity index (χ3n) is 4.48. The Kier molecular flexibility index (Phi) is 7.34. The monoisotopic (exact) mass is 504 g/mol. The van der Waals surface area contributed by atoms with E-state index in [4.69, 9.17) is 0 Å². The topological polar surface area (TPSA) is 92.3 Å². The smallest absolute Gasteiger partial charge is 0.203 e. The van der Waals surface area contributed by atoms with E-state index in [1.165, 1.54) is 33.7 Å². The van der Waals surface area contributed by atoms with E-state index < -0.39 is 44.2 Å². The van der Waals surface area contributed by atoms with Gasteiger partial charge in [0.05, 0.1) is 0 Å². The molecule has 0 heterocycles. The van der Waals surface area contributed by atoms with Gasteiger partial charge in [0.1, 0.15) is 0 Å². The van der Waals surface area contributed by atoms with Crippen LogP contribution in [-0.4, -0.2) is 27.9 Å². The van der Waals surface area contributed by atoms with Gasteiger partial charge in [0, 0.05) is 13.1 Å². The Bertz CT molecular complexity index is 1110. The number of nitrogens with one attached hydrogen (secondary N) is 2. The number of halogens is 6. The summed E-state index contributed by atoms with van der Waals surface area (Å²) in [5.41, 5.74) is -9.29. The van der Waals surface area contributed by atoms with Crippen LogP contribution in [0.2, 0.25) is 0 Å². The molecule has 32 heavy (non-hydrogen) atoms. The van der Waals surface area contributed by atoms with Gasteiger partial charge in [0.15, 0.2) is 0 Å². The Morgan fingerprint density at radius 2 is 0.969 bits per heavy atom. The van der Waals surface area contributed by atoms with Crippen LogP contribution in [-0.2, 0) is 33.1 Å². The van der Waals surface area contributed by atoms with Crippen LogP contribution < -0.4 is 9.44 Å². The molecule has 2 aromatic carbocycles. The van der Waals surface area contributed by atoms with Gasteiger partial charge < -0.3 is 0 Å². The molecule has 0 aliphatic rings. The summed E-state index contributed by atoms with van der Waals surface area (Å²) in [4.78, 5) is 0. The van der Waals surface area contributed by atoms with Gasteiger partial charge in [0.25, 0.3) is 0 Å². The van der Waals surface area contributed by atoms with E-state index in [-0.39, 0.29) is 22.3 Å². The fourth-order valence-electron chi connectivity index (χ4n) is 2.98. The molecule has 0 aromatic heterocycles. The zero-order valence-electron chi connectivity index (χ0n) is 16.6. The van der Waals surface area contributed by atoms with Crippen molar-refractivity contribution in [3.63, 3.8) is 0 Å². The minimum atomic E-state index is -5.64. The summed E-state index contributed by atoms with van der Waals surface area (Å²) in [6.45, 7) is 1.65. The average molecular weight is 504 g/mol. The summed E-state index contributed by atoms with van der Waals surface area (Å²) in [6, 6.07) is 8.82. The zero-order chi connectivity index (χ0) is 24.5. The van der Waals surface area contributed by atoms with E-state index in [9.17, 15) is 43.2 Å². The number of sulfonamides is 2. The fraction of sp³-hybridized carbons (Fsp3) is 0.333. The molecule has 2 N–H and O–H groups in total. The van der Waals surface area contributed by atoms with Gasteiger partial charge in [-0.1, -0.05) is 36.4 Å². The highest BCUT2D eigenvalue weighted by molar-refractivity contribution is 7.90. The van der Waals surface area contributed by atoms with E-state index in [0.29, 0.717) is 11.1 Å². The molecule has 14 heteroatoms. The van der Waals surface area contributed by atoms with Gasteiger partial charge in [-0.2, -0.15) is 26.3 Å². The Morgan fingerprint density at radius 3 is 1.25 bits per heavy atom. The first-order valence-corrected chi connectivity index (χ1v) is 11.7. The van der Waals surface area contributed by atoms with Crippen molar-refractivity contribution < 1.29 is 43.2 Å². The molecular formula is C18H18F6N2O4S2. The number of hydrogen-bond donors (Lipinski definition) is 2. The second-order valence-electron chi connectivity index (χ2n) is 6.76. The third kappa shape index (κ3) is 5.60. The summed E-state index contributed by atoms with van der Waals surface area (Å²) in [7, 11) is -11.3. The molecule has 0 unspecified atom stereocenters. The Balaban J connectivity index is 2.53. The summed E-state index contributed by atoms with van der Waals surface area (Å²) < 4.78 is 124. The Labute approximate surface area is 180 Å². The molecule has 0 radical (unpaired) electrons. The number of benzene rings is 2. The maximum atomic E-state index is 12.7. The number of rotatable bonds is 7. The van der Waals surface area contributed by atoms with E-state index in [2.05, 4.69) is 0 Å². The van der Waals surface area contributed by atoms with Crippen molar-refractivity contribution in [3.05, 3.63) is 58.7 Å². The van der Waals surface area contributed by atoms with Crippen LogP contribution in [0.5, 0.6) is 0 Å². The molecule has 2 rings (SSSR count). The maximum absolute atomic E-state index is 12.7. The molecule has 178 valence electrons. The minimum Gasteiger partial charge on any atom is -0.203 e. The molecule has 2 aromatic rings. The van der Waals surface area contributed by atoms with E-state index in [0.717, 1.165) is 0 Å². The maximum Gasteiger partial charge on any atom is 0.511 e. The molecule has 0 saturated carbocycles. The molecule has 0 bridgehead atoms. The Morgan fingerprint density at radius 1 is 0.656 bits per heavy atom. The second-order valence-corrected chi connectivity index (χ2v) is 10.3.